The van der Waals surface area contributed by atoms with Crippen molar-refractivity contribution in [1.82, 2.24) is 20.1 Å². The first-order valence-corrected chi connectivity index (χ1v) is 8.52. The third-order valence-electron chi connectivity index (χ3n) is 4.37. The van der Waals surface area contributed by atoms with Crippen LogP contribution in [0.4, 0.5) is 0 Å². The van der Waals surface area contributed by atoms with Crippen LogP contribution in [-0.2, 0) is 10.2 Å². The van der Waals surface area contributed by atoms with Crippen LogP contribution in [0, 0.1) is 0 Å². The first-order valence-electron chi connectivity index (χ1n) is 7.72. The Balaban J connectivity index is 1.77. The fourth-order valence-electron chi connectivity index (χ4n) is 3.05. The maximum Gasteiger partial charge on any atom is 0.237 e. The van der Waals surface area contributed by atoms with Crippen LogP contribution in [-0.4, -0.2) is 33.3 Å². The molecule has 3 aromatic rings. The van der Waals surface area contributed by atoms with E-state index in [2.05, 4.69) is 48.2 Å². The van der Waals surface area contributed by atoms with Gasteiger partial charge in [-0.05, 0) is 30.5 Å². The Hall–Kier alpha value is -2.12. The number of rotatable bonds is 3. The Kier molecular flexibility index (Phi) is 4.12. The van der Waals surface area contributed by atoms with Gasteiger partial charge in [0.05, 0.1) is 11.6 Å². The molecule has 24 heavy (non-hydrogen) atoms. The van der Waals surface area contributed by atoms with Gasteiger partial charge in [0.2, 0.25) is 11.7 Å². The molecule has 0 bridgehead atoms. The van der Waals surface area contributed by atoms with E-state index in [1.165, 1.54) is 0 Å². The molecule has 3 heterocycles. The molecule has 0 N–H and O–H groups in total. The van der Waals surface area contributed by atoms with E-state index in [0.717, 1.165) is 22.9 Å². The summed E-state index contributed by atoms with van der Waals surface area (Å²) in [4.78, 5) is 12.9. The first-order chi connectivity index (χ1) is 11.8. The molecule has 0 atom stereocenters. The molecule has 1 fully saturated rings. The maximum absolute atomic E-state index is 5.65. The van der Waals surface area contributed by atoms with Crippen LogP contribution in [0.1, 0.15) is 24.3 Å². The lowest BCUT2D eigenvalue weighted by molar-refractivity contribution is 0.0523. The molecule has 0 aliphatic carbocycles. The molecule has 0 radical (unpaired) electrons. The largest absolute Gasteiger partial charge is 0.381 e. The smallest absolute Gasteiger partial charge is 0.237 e. The maximum atomic E-state index is 5.65. The van der Waals surface area contributed by atoms with Crippen molar-refractivity contribution in [3.63, 3.8) is 0 Å². The van der Waals surface area contributed by atoms with Crippen molar-refractivity contribution in [3.8, 4) is 11.5 Å². The van der Waals surface area contributed by atoms with Crippen LogP contribution in [0.25, 0.3) is 11.5 Å². The molecule has 1 saturated heterocycles. The third-order valence-corrected chi connectivity index (χ3v) is 4.90. The SMILES string of the molecule is Brc1ccc(C2(c3nc(-c4cnccn4)no3)CCOCC2)cc1. The molecule has 0 amide bonds. The van der Waals surface area contributed by atoms with Gasteiger partial charge in [0, 0.05) is 30.1 Å². The summed E-state index contributed by atoms with van der Waals surface area (Å²) in [6.07, 6.45) is 6.47. The van der Waals surface area contributed by atoms with E-state index in [4.69, 9.17) is 9.26 Å². The minimum absolute atomic E-state index is 0.327. The fourth-order valence-corrected chi connectivity index (χ4v) is 3.32. The Morgan fingerprint density at radius 2 is 1.83 bits per heavy atom. The number of hydrogen-bond donors (Lipinski definition) is 0. The Bertz CT molecular complexity index is 814. The van der Waals surface area contributed by atoms with Crippen LogP contribution in [0.3, 0.4) is 0 Å². The zero-order chi connectivity index (χ0) is 16.4. The number of aromatic nitrogens is 4. The minimum Gasteiger partial charge on any atom is -0.381 e. The minimum atomic E-state index is -0.327. The molecular formula is C17H15BrN4O2. The van der Waals surface area contributed by atoms with E-state index in [1.807, 2.05) is 12.1 Å². The van der Waals surface area contributed by atoms with Crippen LogP contribution >= 0.6 is 15.9 Å². The molecule has 1 aliphatic heterocycles. The van der Waals surface area contributed by atoms with Crippen LogP contribution in [0.5, 0.6) is 0 Å². The van der Waals surface area contributed by atoms with Crippen molar-refractivity contribution in [3.05, 3.63) is 58.8 Å². The number of ether oxygens (including phenoxy) is 1. The third kappa shape index (κ3) is 2.74. The Morgan fingerprint density at radius 1 is 1.04 bits per heavy atom. The highest BCUT2D eigenvalue weighted by Crippen LogP contribution is 2.41. The highest BCUT2D eigenvalue weighted by atomic mass is 79.9. The second-order valence-corrected chi connectivity index (χ2v) is 6.63. The van der Waals surface area contributed by atoms with Gasteiger partial charge in [-0.25, -0.2) is 4.98 Å². The predicted molar refractivity (Wildman–Crippen MR) is 90.3 cm³/mol. The van der Waals surface area contributed by atoms with Gasteiger partial charge in [-0.15, -0.1) is 0 Å². The lowest BCUT2D eigenvalue weighted by Crippen LogP contribution is -2.35. The van der Waals surface area contributed by atoms with Crippen molar-refractivity contribution in [2.24, 2.45) is 0 Å². The van der Waals surface area contributed by atoms with Crippen molar-refractivity contribution in [2.45, 2.75) is 18.3 Å². The summed E-state index contributed by atoms with van der Waals surface area (Å²) < 4.78 is 12.3. The fraction of sp³-hybridized carbons (Fsp3) is 0.294. The quantitative estimate of drug-likeness (QED) is 0.686. The van der Waals surface area contributed by atoms with E-state index in [0.29, 0.717) is 30.6 Å². The zero-order valence-electron chi connectivity index (χ0n) is 12.9. The summed E-state index contributed by atoms with van der Waals surface area (Å²) in [7, 11) is 0. The van der Waals surface area contributed by atoms with Gasteiger partial charge >= 0.3 is 0 Å². The monoisotopic (exact) mass is 386 g/mol. The van der Waals surface area contributed by atoms with Crippen molar-refractivity contribution >= 4 is 15.9 Å². The lowest BCUT2D eigenvalue weighted by Gasteiger charge is -2.34. The second-order valence-electron chi connectivity index (χ2n) is 5.72. The van der Waals surface area contributed by atoms with Gasteiger partial charge in [-0.1, -0.05) is 33.2 Å². The normalized spacial score (nSPS) is 16.9. The van der Waals surface area contributed by atoms with E-state index in [-0.39, 0.29) is 5.41 Å². The average molecular weight is 387 g/mol. The molecule has 7 heteroatoms. The summed E-state index contributed by atoms with van der Waals surface area (Å²) >= 11 is 3.49. The number of nitrogens with zero attached hydrogens (tertiary/aromatic N) is 4. The topological polar surface area (TPSA) is 73.9 Å². The van der Waals surface area contributed by atoms with Crippen molar-refractivity contribution < 1.29 is 9.26 Å². The molecule has 1 aliphatic rings. The van der Waals surface area contributed by atoms with Gasteiger partial charge in [-0.2, -0.15) is 4.98 Å². The van der Waals surface area contributed by atoms with E-state index < -0.39 is 0 Å². The van der Waals surface area contributed by atoms with Gasteiger partial charge in [0.1, 0.15) is 5.69 Å². The summed E-state index contributed by atoms with van der Waals surface area (Å²) in [5.41, 5.74) is 1.43. The molecule has 2 aromatic heterocycles. The van der Waals surface area contributed by atoms with Crippen LogP contribution in [0.2, 0.25) is 0 Å². The molecule has 6 nitrogen and oxygen atoms in total. The summed E-state index contributed by atoms with van der Waals surface area (Å²) in [6.45, 7) is 1.33. The molecule has 4 rings (SSSR count). The molecule has 0 saturated carbocycles. The number of hydrogen-bond acceptors (Lipinski definition) is 6. The van der Waals surface area contributed by atoms with Gasteiger partial charge in [-0.3, -0.25) is 4.98 Å². The van der Waals surface area contributed by atoms with E-state index in [9.17, 15) is 0 Å². The highest BCUT2D eigenvalue weighted by Gasteiger charge is 2.41. The highest BCUT2D eigenvalue weighted by molar-refractivity contribution is 9.10. The summed E-state index contributed by atoms with van der Waals surface area (Å²) in [5.74, 6) is 1.06. The first kappa shape index (κ1) is 15.4. The standard InChI is InChI=1S/C17H15BrN4O2/c18-13-3-1-12(2-4-13)17(5-9-23-10-6-17)16-21-15(22-24-16)14-11-19-7-8-20-14/h1-4,7-8,11H,5-6,9-10H2. The zero-order valence-corrected chi connectivity index (χ0v) is 14.4. The Labute approximate surface area is 147 Å². The van der Waals surface area contributed by atoms with Crippen LogP contribution in [0.15, 0.2) is 51.9 Å². The lowest BCUT2D eigenvalue weighted by atomic mass is 9.74. The molecule has 0 unspecified atom stereocenters. The van der Waals surface area contributed by atoms with E-state index >= 15 is 0 Å². The van der Waals surface area contributed by atoms with Gasteiger partial charge < -0.3 is 9.26 Å². The second kappa shape index (κ2) is 6.41. The van der Waals surface area contributed by atoms with E-state index in [1.54, 1.807) is 18.6 Å². The van der Waals surface area contributed by atoms with Gasteiger partial charge in [0.15, 0.2) is 0 Å². The Morgan fingerprint density at radius 3 is 2.54 bits per heavy atom. The average Bonchev–Trinajstić information content (AvgIpc) is 3.14. The summed E-state index contributed by atoms with van der Waals surface area (Å²) in [6, 6.07) is 8.27. The van der Waals surface area contributed by atoms with Crippen molar-refractivity contribution in [2.75, 3.05) is 13.2 Å². The molecular weight excluding hydrogens is 372 g/mol. The molecule has 0 spiro atoms. The van der Waals surface area contributed by atoms with Crippen LogP contribution < -0.4 is 0 Å². The predicted octanol–water partition coefficient (Wildman–Crippen LogP) is 3.39. The molecule has 122 valence electrons. The number of halogens is 1. The number of benzene rings is 1. The summed E-state index contributed by atoms with van der Waals surface area (Å²) in [5, 5.41) is 4.11. The molecule has 1 aromatic carbocycles. The van der Waals surface area contributed by atoms with Gasteiger partial charge in [0.25, 0.3) is 0 Å². The van der Waals surface area contributed by atoms with Crippen molar-refractivity contribution in [1.29, 1.82) is 0 Å².